The van der Waals surface area contributed by atoms with Gasteiger partial charge in [-0.25, -0.2) is 0 Å². The van der Waals surface area contributed by atoms with E-state index in [1.807, 2.05) is 20.8 Å². The van der Waals surface area contributed by atoms with Gasteiger partial charge in [-0.15, -0.1) is 0 Å². The highest BCUT2D eigenvalue weighted by molar-refractivity contribution is 5.92. The van der Waals surface area contributed by atoms with Gasteiger partial charge >= 0.3 is 0 Å². The molecule has 0 aromatic rings. The summed E-state index contributed by atoms with van der Waals surface area (Å²) in [6, 6.07) is -1.78. The van der Waals surface area contributed by atoms with Crippen molar-refractivity contribution < 1.29 is 14.4 Å². The van der Waals surface area contributed by atoms with Crippen LogP contribution in [0.2, 0.25) is 0 Å². The fourth-order valence-corrected chi connectivity index (χ4v) is 4.78. The Balaban J connectivity index is 2.67. The van der Waals surface area contributed by atoms with Crippen LogP contribution in [-0.2, 0) is 14.4 Å². The van der Waals surface area contributed by atoms with E-state index in [1.54, 1.807) is 0 Å². The molecule has 7 N–H and O–H groups in total. The molecule has 3 atom stereocenters. The average Bonchev–Trinajstić information content (AvgIpc) is 2.80. The molecule has 0 unspecified atom stereocenters. The normalized spacial score (nSPS) is 17.2. The van der Waals surface area contributed by atoms with Crippen molar-refractivity contribution in [3.05, 3.63) is 0 Å². The summed E-state index contributed by atoms with van der Waals surface area (Å²) in [6.07, 6.45) is 13.1. The van der Waals surface area contributed by atoms with Crippen LogP contribution in [0.25, 0.3) is 0 Å². The van der Waals surface area contributed by atoms with E-state index in [-0.39, 0.29) is 23.8 Å². The summed E-state index contributed by atoms with van der Waals surface area (Å²) in [7, 11) is 0. The van der Waals surface area contributed by atoms with Crippen LogP contribution in [0.1, 0.15) is 104 Å². The number of rotatable bonds is 18. The zero-order valence-corrected chi connectivity index (χ0v) is 21.9. The van der Waals surface area contributed by atoms with E-state index in [9.17, 15) is 14.4 Å². The maximum atomic E-state index is 13.1. The number of nitrogens with one attached hydrogen (secondary N) is 3. The maximum Gasteiger partial charge on any atom is 0.243 e. The van der Waals surface area contributed by atoms with Gasteiger partial charge in [-0.1, -0.05) is 65.7 Å². The molecule has 0 bridgehead atoms. The number of hydrogen-bond donors (Lipinski definition) is 5. The quantitative estimate of drug-likeness (QED) is 0.192. The van der Waals surface area contributed by atoms with Gasteiger partial charge in [0.2, 0.25) is 17.7 Å². The van der Waals surface area contributed by atoms with Crippen LogP contribution in [0.3, 0.4) is 0 Å². The first-order chi connectivity index (χ1) is 16.3. The lowest BCUT2D eigenvalue weighted by Crippen LogP contribution is -2.56. The summed E-state index contributed by atoms with van der Waals surface area (Å²) in [5.74, 6) is -0.0353. The zero-order chi connectivity index (χ0) is 25.3. The predicted molar refractivity (Wildman–Crippen MR) is 138 cm³/mol. The highest BCUT2D eigenvalue weighted by Crippen LogP contribution is 2.27. The van der Waals surface area contributed by atoms with Crippen molar-refractivity contribution in [3.8, 4) is 0 Å². The second-order valence-electron chi connectivity index (χ2n) is 10.4. The number of nitrogens with two attached hydrogens (primary N) is 2. The second kappa shape index (κ2) is 17.7. The number of amides is 3. The van der Waals surface area contributed by atoms with Crippen LogP contribution in [0.4, 0.5) is 0 Å². The topological polar surface area (TPSA) is 139 Å². The van der Waals surface area contributed by atoms with Crippen molar-refractivity contribution >= 4 is 17.7 Å². The van der Waals surface area contributed by atoms with Gasteiger partial charge < -0.3 is 27.4 Å². The minimum Gasteiger partial charge on any atom is -0.368 e. The van der Waals surface area contributed by atoms with E-state index >= 15 is 0 Å². The van der Waals surface area contributed by atoms with Gasteiger partial charge in [-0.2, -0.15) is 0 Å². The van der Waals surface area contributed by atoms with E-state index < -0.39 is 18.0 Å². The largest absolute Gasteiger partial charge is 0.368 e. The standard InChI is InChI=1S/C26H51N5O3/c1-4-11-22(26(34)31-23(24(28)32)18-19(2)3)30-25(33)21(15-8-9-16-27)29-17-10-14-20-12-6-5-7-13-20/h19-23,29H,4-18,27H2,1-3H3,(H2,28,32)(H,30,33)(H,31,34)/t21-,22-,23-/m0/s1. The summed E-state index contributed by atoms with van der Waals surface area (Å²) in [4.78, 5) is 37.8. The van der Waals surface area contributed by atoms with Crippen molar-refractivity contribution in [2.24, 2.45) is 23.3 Å². The number of primary amides is 1. The maximum absolute atomic E-state index is 13.1. The first-order valence-corrected chi connectivity index (χ1v) is 13.6. The Hall–Kier alpha value is -1.67. The Bertz CT molecular complexity index is 593. The molecule has 8 nitrogen and oxygen atoms in total. The number of hydrogen-bond acceptors (Lipinski definition) is 5. The van der Waals surface area contributed by atoms with Crippen LogP contribution in [0.15, 0.2) is 0 Å². The van der Waals surface area contributed by atoms with Crippen molar-refractivity contribution in [2.75, 3.05) is 13.1 Å². The monoisotopic (exact) mass is 481 g/mol. The average molecular weight is 482 g/mol. The summed E-state index contributed by atoms with van der Waals surface area (Å²) in [6.45, 7) is 7.30. The minimum atomic E-state index is -0.734. The second-order valence-corrected chi connectivity index (χ2v) is 10.4. The third-order valence-corrected chi connectivity index (χ3v) is 6.75. The molecule has 1 saturated carbocycles. The molecule has 0 spiro atoms. The van der Waals surface area contributed by atoms with Crippen LogP contribution < -0.4 is 27.4 Å². The fraction of sp³-hybridized carbons (Fsp3) is 0.885. The number of unbranched alkanes of at least 4 members (excludes halogenated alkanes) is 1. The Kier molecular flexibility index (Phi) is 15.8. The number of carbonyl (C=O) groups is 3. The highest BCUT2D eigenvalue weighted by atomic mass is 16.2. The van der Waals surface area contributed by atoms with Crippen molar-refractivity contribution in [2.45, 2.75) is 122 Å². The first-order valence-electron chi connectivity index (χ1n) is 13.6. The molecule has 198 valence electrons. The molecule has 0 saturated heterocycles. The summed E-state index contributed by atoms with van der Waals surface area (Å²) in [5.41, 5.74) is 11.1. The van der Waals surface area contributed by atoms with Gasteiger partial charge in [-0.05, 0) is 63.5 Å². The van der Waals surface area contributed by atoms with Crippen LogP contribution in [0.5, 0.6) is 0 Å². The smallest absolute Gasteiger partial charge is 0.243 e. The lowest BCUT2D eigenvalue weighted by Gasteiger charge is -2.25. The van der Waals surface area contributed by atoms with Crippen molar-refractivity contribution in [1.29, 1.82) is 0 Å². The summed E-state index contributed by atoms with van der Waals surface area (Å²) in [5, 5.41) is 9.12. The Morgan fingerprint density at radius 1 is 0.882 bits per heavy atom. The minimum absolute atomic E-state index is 0.164. The molecule has 34 heavy (non-hydrogen) atoms. The van der Waals surface area contributed by atoms with Gasteiger partial charge in [0.1, 0.15) is 12.1 Å². The molecule has 1 aliphatic rings. The molecular weight excluding hydrogens is 430 g/mol. The lowest BCUT2D eigenvalue weighted by molar-refractivity contribution is -0.132. The third-order valence-electron chi connectivity index (χ3n) is 6.75. The molecule has 0 heterocycles. The fourth-order valence-electron chi connectivity index (χ4n) is 4.78. The molecule has 0 radical (unpaired) electrons. The highest BCUT2D eigenvalue weighted by Gasteiger charge is 2.28. The van der Waals surface area contributed by atoms with E-state index in [0.29, 0.717) is 25.8 Å². The van der Waals surface area contributed by atoms with Gasteiger partial charge in [0.25, 0.3) is 0 Å². The van der Waals surface area contributed by atoms with E-state index in [1.165, 1.54) is 38.5 Å². The van der Waals surface area contributed by atoms with E-state index in [0.717, 1.165) is 38.1 Å². The lowest BCUT2D eigenvalue weighted by atomic mass is 9.86. The van der Waals surface area contributed by atoms with Gasteiger partial charge in [-0.3, -0.25) is 14.4 Å². The molecule has 1 aliphatic carbocycles. The first kappa shape index (κ1) is 30.4. The molecule has 0 aromatic heterocycles. The molecular formula is C26H51N5O3. The Labute approximate surface area is 207 Å². The molecule has 1 fully saturated rings. The van der Waals surface area contributed by atoms with Crippen LogP contribution in [0, 0.1) is 11.8 Å². The molecule has 0 aliphatic heterocycles. The van der Waals surface area contributed by atoms with Crippen LogP contribution >= 0.6 is 0 Å². The summed E-state index contributed by atoms with van der Waals surface area (Å²) >= 11 is 0. The molecule has 0 aromatic carbocycles. The molecule has 1 rings (SSSR count). The van der Waals surface area contributed by atoms with Crippen molar-refractivity contribution in [1.82, 2.24) is 16.0 Å². The predicted octanol–water partition coefficient (Wildman–Crippen LogP) is 2.74. The Morgan fingerprint density at radius 3 is 2.12 bits per heavy atom. The molecule has 3 amide bonds. The van der Waals surface area contributed by atoms with Gasteiger partial charge in [0, 0.05) is 0 Å². The van der Waals surface area contributed by atoms with Crippen LogP contribution in [-0.4, -0.2) is 48.9 Å². The van der Waals surface area contributed by atoms with Crippen molar-refractivity contribution in [3.63, 3.8) is 0 Å². The summed E-state index contributed by atoms with van der Waals surface area (Å²) < 4.78 is 0. The van der Waals surface area contributed by atoms with Gasteiger partial charge in [0.15, 0.2) is 0 Å². The zero-order valence-electron chi connectivity index (χ0n) is 21.9. The SMILES string of the molecule is CCC[C@H](NC(=O)[C@H](CCCCN)NCCCC1CCCCC1)C(=O)N[C@@H](CC(C)C)C(N)=O. The number of carbonyl (C=O) groups excluding carboxylic acids is 3. The van der Waals surface area contributed by atoms with E-state index in [2.05, 4.69) is 16.0 Å². The Morgan fingerprint density at radius 2 is 1.53 bits per heavy atom. The van der Waals surface area contributed by atoms with E-state index in [4.69, 9.17) is 11.5 Å². The molecule has 8 heteroatoms. The van der Waals surface area contributed by atoms with Gasteiger partial charge in [0.05, 0.1) is 6.04 Å². The third kappa shape index (κ3) is 12.7.